The summed E-state index contributed by atoms with van der Waals surface area (Å²) in [5.74, 6) is 1.44. The van der Waals surface area contributed by atoms with Gasteiger partial charge in [-0.05, 0) is 63.5 Å². The van der Waals surface area contributed by atoms with E-state index in [1.165, 1.54) is 0 Å². The SMILES string of the molecule is Cc1cc(C)n(Cc2cccc(C(=O)Nc3nc(C4CCNCC4)nn3C)c2)n1. The number of piperidine rings is 1. The van der Waals surface area contributed by atoms with Crippen molar-refractivity contribution in [2.75, 3.05) is 18.4 Å². The van der Waals surface area contributed by atoms with Crippen LogP contribution in [-0.2, 0) is 13.6 Å². The number of benzene rings is 1. The number of rotatable bonds is 5. The molecule has 2 N–H and O–H groups in total. The van der Waals surface area contributed by atoms with Crippen LogP contribution in [0.3, 0.4) is 0 Å². The van der Waals surface area contributed by atoms with E-state index >= 15 is 0 Å². The van der Waals surface area contributed by atoms with Gasteiger partial charge in [0.25, 0.3) is 5.91 Å². The molecule has 29 heavy (non-hydrogen) atoms. The third-order valence-corrected chi connectivity index (χ3v) is 5.33. The second-order valence-corrected chi connectivity index (χ2v) is 7.68. The highest BCUT2D eigenvalue weighted by atomic mass is 16.1. The maximum atomic E-state index is 12.8. The molecule has 8 heteroatoms. The van der Waals surface area contributed by atoms with E-state index in [4.69, 9.17) is 0 Å². The lowest BCUT2D eigenvalue weighted by Crippen LogP contribution is -2.27. The first kappa shape index (κ1) is 19.3. The van der Waals surface area contributed by atoms with Crippen LogP contribution >= 0.6 is 0 Å². The van der Waals surface area contributed by atoms with E-state index in [-0.39, 0.29) is 5.91 Å². The number of anilines is 1. The van der Waals surface area contributed by atoms with Gasteiger partial charge in [-0.3, -0.25) is 14.8 Å². The molecule has 0 radical (unpaired) electrons. The van der Waals surface area contributed by atoms with Gasteiger partial charge in [-0.15, -0.1) is 0 Å². The molecule has 3 aromatic rings. The zero-order valence-electron chi connectivity index (χ0n) is 17.1. The van der Waals surface area contributed by atoms with Gasteiger partial charge in [0.1, 0.15) is 0 Å². The van der Waals surface area contributed by atoms with Crippen LogP contribution in [0, 0.1) is 13.8 Å². The molecule has 0 spiro atoms. The summed E-state index contributed by atoms with van der Waals surface area (Å²) in [7, 11) is 1.81. The zero-order chi connectivity index (χ0) is 20.4. The first-order chi connectivity index (χ1) is 14.0. The van der Waals surface area contributed by atoms with Crippen LogP contribution in [0.5, 0.6) is 0 Å². The molecule has 0 atom stereocenters. The number of hydrogen-bond acceptors (Lipinski definition) is 5. The van der Waals surface area contributed by atoms with Crippen molar-refractivity contribution < 1.29 is 4.79 Å². The molecular weight excluding hydrogens is 366 g/mol. The van der Waals surface area contributed by atoms with Crippen molar-refractivity contribution in [1.82, 2.24) is 29.9 Å². The highest BCUT2D eigenvalue weighted by Crippen LogP contribution is 2.23. The molecule has 0 saturated carbocycles. The average Bonchev–Trinajstić information content (AvgIpc) is 3.24. The summed E-state index contributed by atoms with van der Waals surface area (Å²) in [5, 5.41) is 15.3. The van der Waals surface area contributed by atoms with Gasteiger partial charge < -0.3 is 5.32 Å². The summed E-state index contributed by atoms with van der Waals surface area (Å²) in [6, 6.07) is 9.66. The molecular formula is C21H27N7O. The van der Waals surface area contributed by atoms with Crippen LogP contribution in [-0.4, -0.2) is 43.5 Å². The Morgan fingerprint density at radius 2 is 2.00 bits per heavy atom. The highest BCUT2D eigenvalue weighted by molar-refractivity contribution is 6.03. The van der Waals surface area contributed by atoms with E-state index in [2.05, 4.69) is 25.8 Å². The summed E-state index contributed by atoms with van der Waals surface area (Å²) in [6.07, 6.45) is 2.04. The molecule has 4 rings (SSSR count). The van der Waals surface area contributed by atoms with E-state index in [0.717, 1.165) is 48.7 Å². The largest absolute Gasteiger partial charge is 0.317 e. The lowest BCUT2D eigenvalue weighted by molar-refractivity contribution is 0.102. The Hall–Kier alpha value is -3.00. The van der Waals surface area contributed by atoms with Crippen LogP contribution in [0.1, 0.15) is 51.9 Å². The van der Waals surface area contributed by atoms with Crippen LogP contribution in [0.15, 0.2) is 30.3 Å². The van der Waals surface area contributed by atoms with Gasteiger partial charge >= 0.3 is 0 Å². The molecule has 1 aliphatic rings. The second kappa shape index (κ2) is 8.16. The fourth-order valence-electron chi connectivity index (χ4n) is 3.76. The molecule has 8 nitrogen and oxygen atoms in total. The Morgan fingerprint density at radius 1 is 1.21 bits per heavy atom. The van der Waals surface area contributed by atoms with Gasteiger partial charge in [0.05, 0.1) is 12.2 Å². The lowest BCUT2D eigenvalue weighted by atomic mass is 9.98. The average molecular weight is 393 g/mol. The van der Waals surface area contributed by atoms with Crippen molar-refractivity contribution in [3.8, 4) is 0 Å². The number of carbonyl (C=O) groups is 1. The van der Waals surface area contributed by atoms with Gasteiger partial charge in [0.2, 0.25) is 5.95 Å². The zero-order valence-corrected chi connectivity index (χ0v) is 17.1. The normalized spacial score (nSPS) is 14.9. The maximum absolute atomic E-state index is 12.8. The van der Waals surface area contributed by atoms with Crippen molar-refractivity contribution in [1.29, 1.82) is 0 Å². The number of nitrogens with one attached hydrogen (secondary N) is 2. The second-order valence-electron chi connectivity index (χ2n) is 7.68. The Bertz CT molecular complexity index is 1010. The van der Waals surface area contributed by atoms with Crippen LogP contribution in [0.4, 0.5) is 5.95 Å². The van der Waals surface area contributed by atoms with Crippen molar-refractivity contribution in [2.45, 2.75) is 39.2 Å². The fraction of sp³-hybridized carbons (Fsp3) is 0.429. The standard InChI is InChI=1S/C21H27N7O/c1-14-11-15(2)28(25-14)13-16-5-4-6-18(12-16)20(29)24-21-23-19(26-27(21)3)17-7-9-22-10-8-17/h4-6,11-12,17,22H,7-10,13H2,1-3H3,(H,23,24,26,29). The predicted octanol–water partition coefficient (Wildman–Crippen LogP) is 2.40. The fourth-order valence-corrected chi connectivity index (χ4v) is 3.76. The van der Waals surface area contributed by atoms with Gasteiger partial charge in [-0.25, -0.2) is 4.68 Å². The third kappa shape index (κ3) is 4.37. The molecule has 2 aromatic heterocycles. The number of nitrogens with zero attached hydrogens (tertiary/aromatic N) is 5. The Morgan fingerprint density at radius 3 is 2.72 bits per heavy atom. The van der Waals surface area contributed by atoms with E-state index in [0.29, 0.717) is 24.0 Å². The Balaban J connectivity index is 1.47. The summed E-state index contributed by atoms with van der Waals surface area (Å²) in [6.45, 7) is 6.60. The molecule has 1 aromatic carbocycles. The molecule has 3 heterocycles. The van der Waals surface area contributed by atoms with Crippen molar-refractivity contribution >= 4 is 11.9 Å². The number of aryl methyl sites for hydroxylation is 3. The molecule has 0 unspecified atom stereocenters. The van der Waals surface area contributed by atoms with Crippen molar-refractivity contribution in [3.05, 3.63) is 58.7 Å². The monoisotopic (exact) mass is 393 g/mol. The molecule has 0 aliphatic carbocycles. The molecule has 1 amide bonds. The first-order valence-corrected chi connectivity index (χ1v) is 10.0. The number of aromatic nitrogens is 5. The van der Waals surface area contributed by atoms with E-state index in [1.54, 1.807) is 4.68 Å². The van der Waals surface area contributed by atoms with E-state index in [1.807, 2.05) is 55.9 Å². The number of amides is 1. The van der Waals surface area contributed by atoms with Gasteiger partial charge in [-0.2, -0.15) is 15.2 Å². The molecule has 1 aliphatic heterocycles. The van der Waals surface area contributed by atoms with Crippen LogP contribution < -0.4 is 10.6 Å². The molecule has 152 valence electrons. The van der Waals surface area contributed by atoms with Crippen LogP contribution in [0.2, 0.25) is 0 Å². The van der Waals surface area contributed by atoms with Gasteiger partial charge in [0, 0.05) is 24.2 Å². The highest BCUT2D eigenvalue weighted by Gasteiger charge is 2.21. The topological polar surface area (TPSA) is 89.7 Å². The minimum Gasteiger partial charge on any atom is -0.317 e. The summed E-state index contributed by atoms with van der Waals surface area (Å²) in [5.41, 5.74) is 3.71. The van der Waals surface area contributed by atoms with Crippen molar-refractivity contribution in [3.63, 3.8) is 0 Å². The Kier molecular flexibility index (Phi) is 5.44. The number of hydrogen-bond donors (Lipinski definition) is 2. The smallest absolute Gasteiger partial charge is 0.258 e. The predicted molar refractivity (Wildman–Crippen MR) is 111 cm³/mol. The lowest BCUT2D eigenvalue weighted by Gasteiger charge is -2.19. The Labute approximate surface area is 170 Å². The van der Waals surface area contributed by atoms with Gasteiger partial charge in [-0.1, -0.05) is 12.1 Å². The summed E-state index contributed by atoms with van der Waals surface area (Å²) in [4.78, 5) is 17.4. The van der Waals surface area contributed by atoms with E-state index in [9.17, 15) is 4.79 Å². The maximum Gasteiger partial charge on any atom is 0.258 e. The van der Waals surface area contributed by atoms with Crippen molar-refractivity contribution in [2.24, 2.45) is 7.05 Å². The minimum absolute atomic E-state index is 0.187. The number of carbonyl (C=O) groups excluding carboxylic acids is 1. The summed E-state index contributed by atoms with van der Waals surface area (Å²) >= 11 is 0. The van der Waals surface area contributed by atoms with Gasteiger partial charge in [0.15, 0.2) is 5.82 Å². The quantitative estimate of drug-likeness (QED) is 0.695. The molecule has 1 saturated heterocycles. The van der Waals surface area contributed by atoms with Crippen LogP contribution in [0.25, 0.3) is 0 Å². The summed E-state index contributed by atoms with van der Waals surface area (Å²) < 4.78 is 3.59. The molecule has 0 bridgehead atoms. The molecule has 1 fully saturated rings. The third-order valence-electron chi connectivity index (χ3n) is 5.33. The minimum atomic E-state index is -0.187. The van der Waals surface area contributed by atoms with E-state index < -0.39 is 0 Å². The first-order valence-electron chi connectivity index (χ1n) is 10.0.